The number of nitrogens with zero attached hydrogens (tertiary/aromatic N) is 4. The lowest BCUT2D eigenvalue weighted by atomic mass is 9.51. The molecule has 0 bridgehead atoms. The molecule has 9 rings (SSSR count). The highest BCUT2D eigenvalue weighted by molar-refractivity contribution is 7.22. The van der Waals surface area contributed by atoms with Gasteiger partial charge in [0.25, 0.3) is 0 Å². The summed E-state index contributed by atoms with van der Waals surface area (Å²) in [5.41, 5.74) is -3.47. The summed E-state index contributed by atoms with van der Waals surface area (Å²) >= 11 is 7.76. The average molecular weight is 897 g/mol. The molecule has 62 heavy (non-hydrogen) atoms. The van der Waals surface area contributed by atoms with Crippen LogP contribution in [0.25, 0.3) is 20.7 Å². The summed E-state index contributed by atoms with van der Waals surface area (Å²) in [7, 11) is 1.60. The normalized spacial score (nSPS) is 25.1. The number of benzene rings is 3. The summed E-state index contributed by atoms with van der Waals surface area (Å²) in [5.74, 6) is -8.30. The van der Waals surface area contributed by atoms with Crippen molar-refractivity contribution in [2.75, 3.05) is 23.0 Å². The van der Waals surface area contributed by atoms with Crippen LogP contribution >= 0.6 is 22.9 Å². The molecule has 0 unspecified atom stereocenters. The van der Waals surface area contributed by atoms with E-state index >= 15 is 4.79 Å². The predicted molar refractivity (Wildman–Crippen MR) is 216 cm³/mol. The molecule has 3 aromatic carbocycles. The van der Waals surface area contributed by atoms with Gasteiger partial charge in [-0.1, -0.05) is 41.4 Å². The number of aryl methyl sites for hydroxylation is 2. The first-order chi connectivity index (χ1) is 29.2. The number of carbonyl (C=O) groups excluding carboxylic acids is 4. The van der Waals surface area contributed by atoms with Crippen molar-refractivity contribution in [2.24, 2.45) is 36.1 Å². The number of fused-ring (bicyclic) bond motifs is 5. The zero-order valence-electron chi connectivity index (χ0n) is 33.0. The number of aliphatic hydroxyl groups excluding tert-OH is 1. The maximum absolute atomic E-state index is 15.2. The number of ether oxygens (including phenoxy) is 1. The number of hydrogen-bond acceptors (Lipinski definition) is 8. The lowest BCUT2D eigenvalue weighted by Gasteiger charge is -2.49. The van der Waals surface area contributed by atoms with Crippen molar-refractivity contribution < 1.29 is 55.4 Å². The third-order valence-corrected chi connectivity index (χ3v) is 14.4. The van der Waals surface area contributed by atoms with E-state index in [0.29, 0.717) is 38.9 Å². The Kier molecular flexibility index (Phi) is 9.79. The van der Waals surface area contributed by atoms with Gasteiger partial charge in [0.05, 0.1) is 51.5 Å². The molecule has 1 N–H and O–H groups in total. The van der Waals surface area contributed by atoms with Gasteiger partial charge in [0, 0.05) is 34.3 Å². The maximum Gasteiger partial charge on any atom is 0.416 e. The molecule has 2 aliphatic carbocycles. The van der Waals surface area contributed by atoms with Crippen molar-refractivity contribution in [2.45, 2.75) is 45.0 Å². The van der Waals surface area contributed by atoms with Gasteiger partial charge in [-0.25, -0.2) is 9.80 Å². The number of carbonyl (C=O) groups is 4. The molecule has 2 aromatic heterocycles. The third kappa shape index (κ3) is 6.28. The molecule has 0 radical (unpaired) electrons. The quantitative estimate of drug-likeness (QED) is 0.0983. The van der Waals surface area contributed by atoms with E-state index in [9.17, 15) is 45.8 Å². The third-order valence-electron chi connectivity index (χ3n) is 12.9. The molecule has 5 aromatic rings. The average Bonchev–Trinajstić information content (AvgIpc) is 3.89. The summed E-state index contributed by atoms with van der Waals surface area (Å²) in [4.78, 5) is 61.1. The Labute approximate surface area is 358 Å². The van der Waals surface area contributed by atoms with Crippen LogP contribution < -0.4 is 14.5 Å². The van der Waals surface area contributed by atoms with E-state index in [1.54, 1.807) is 56.4 Å². The van der Waals surface area contributed by atoms with Gasteiger partial charge in [-0.15, -0.1) is 11.3 Å². The zero-order chi connectivity index (χ0) is 44.4. The van der Waals surface area contributed by atoms with Crippen LogP contribution in [-0.2, 0) is 38.6 Å². The summed E-state index contributed by atoms with van der Waals surface area (Å²) in [6, 6.07) is 14.5. The van der Waals surface area contributed by atoms with E-state index in [2.05, 4.69) is 0 Å². The first-order valence-corrected chi connectivity index (χ1v) is 20.8. The number of anilines is 2. The Morgan fingerprint density at radius 3 is 2.27 bits per heavy atom. The standard InChI is InChI=1S/C44H35ClF6N4O6S/c1-20-28-17-23(45)8-11-33(28)62-37(20)31-19-34(53(3)52-31)55-39(58)30-18-29-25(36(42(30,2)41(55)60)26-6-4-5-7-32(26)61-13-12-56)9-10-27-35(29)40(59)54(38(27)57)24-15-21(43(46,47)48)14-22(16-24)44(49,50)51/h4-9,11,14-17,19,27,29-30,35-36,56H,10,12-13,18H2,1-3H3/t27-,29+,30-,35-,36+,42+/m0/s1. The topological polar surface area (TPSA) is 122 Å². The number of imide groups is 2. The number of aliphatic hydroxyl groups is 1. The number of aromatic nitrogens is 2. The molecule has 18 heteroatoms. The number of para-hydroxylation sites is 1. The molecule has 3 fully saturated rings. The van der Waals surface area contributed by atoms with Crippen LogP contribution in [0.2, 0.25) is 5.02 Å². The molecule has 4 amide bonds. The number of halogens is 7. The van der Waals surface area contributed by atoms with Gasteiger partial charge in [-0.3, -0.25) is 23.9 Å². The van der Waals surface area contributed by atoms with Gasteiger partial charge in [-0.05, 0) is 86.0 Å². The molecule has 1 saturated carbocycles. The number of alkyl halides is 6. The van der Waals surface area contributed by atoms with Gasteiger partial charge in [0.15, 0.2) is 0 Å². The van der Waals surface area contributed by atoms with Crippen LogP contribution in [0, 0.1) is 36.0 Å². The lowest BCUT2D eigenvalue weighted by Crippen LogP contribution is -2.49. The molecular weight excluding hydrogens is 862 g/mol. The Bertz CT molecular complexity index is 2750. The molecule has 10 nitrogen and oxygen atoms in total. The van der Waals surface area contributed by atoms with Crippen LogP contribution in [-0.4, -0.2) is 51.7 Å². The molecule has 2 saturated heterocycles. The largest absolute Gasteiger partial charge is 0.491 e. The minimum absolute atomic E-state index is 0.0799. The van der Waals surface area contributed by atoms with Crippen LogP contribution in [0.1, 0.15) is 47.9 Å². The second kappa shape index (κ2) is 14.5. The number of thiophene rings is 1. The smallest absolute Gasteiger partial charge is 0.416 e. The summed E-state index contributed by atoms with van der Waals surface area (Å²) in [5, 5.41) is 15.9. The van der Waals surface area contributed by atoms with Crippen molar-refractivity contribution >= 4 is 68.2 Å². The predicted octanol–water partition coefficient (Wildman–Crippen LogP) is 9.11. The molecule has 2 aliphatic heterocycles. The fourth-order valence-corrected chi connectivity index (χ4v) is 11.4. The number of amides is 4. The minimum Gasteiger partial charge on any atom is -0.491 e. The van der Waals surface area contributed by atoms with Gasteiger partial charge >= 0.3 is 12.4 Å². The van der Waals surface area contributed by atoms with Crippen molar-refractivity contribution in [3.05, 3.63) is 106 Å². The summed E-state index contributed by atoms with van der Waals surface area (Å²) in [6.45, 7) is 3.09. The molecule has 0 spiro atoms. The van der Waals surface area contributed by atoms with Crippen molar-refractivity contribution in [1.82, 2.24) is 9.78 Å². The second-order valence-corrected chi connectivity index (χ2v) is 17.7. The van der Waals surface area contributed by atoms with E-state index in [1.165, 1.54) is 16.0 Å². The van der Waals surface area contributed by atoms with Crippen LogP contribution in [0.3, 0.4) is 0 Å². The summed E-state index contributed by atoms with van der Waals surface area (Å²) in [6.07, 6.45) is -9.06. The number of allylic oxidation sites excluding steroid dienone is 2. The van der Waals surface area contributed by atoms with Gasteiger partial charge < -0.3 is 9.84 Å². The fraction of sp³-hybridized carbons (Fsp3) is 0.341. The van der Waals surface area contributed by atoms with Crippen molar-refractivity contribution in [3.63, 3.8) is 0 Å². The Hall–Kier alpha value is -5.52. The highest BCUT2D eigenvalue weighted by atomic mass is 35.5. The van der Waals surface area contributed by atoms with E-state index in [-0.39, 0.29) is 43.7 Å². The first-order valence-electron chi connectivity index (χ1n) is 19.6. The second-order valence-electron chi connectivity index (χ2n) is 16.3. The van der Waals surface area contributed by atoms with Crippen molar-refractivity contribution in [1.29, 1.82) is 0 Å². The molecule has 6 atom stereocenters. The van der Waals surface area contributed by atoms with Crippen LogP contribution in [0.15, 0.2) is 78.4 Å². The van der Waals surface area contributed by atoms with E-state index in [0.717, 1.165) is 25.4 Å². The summed E-state index contributed by atoms with van der Waals surface area (Å²) < 4.78 is 92.1. The van der Waals surface area contributed by atoms with E-state index < -0.39 is 87.8 Å². The van der Waals surface area contributed by atoms with Crippen molar-refractivity contribution in [3.8, 4) is 16.3 Å². The molecule has 322 valence electrons. The Balaban J connectivity index is 1.16. The molecule has 4 aliphatic rings. The minimum atomic E-state index is -5.24. The maximum atomic E-state index is 15.2. The SMILES string of the molecule is Cc1c(-c2cc(N3C(=O)[C@@H]4C[C@@H]5C(=CC[C@@H]6C(=O)N(c7cc(C(F)(F)F)cc(C(F)(F)F)c7)C(=O)[C@@H]65)[C@H](c5ccccc5OCCO)[C@]4(C)C3=O)n(C)n2)sc2ccc(Cl)cc12. The number of rotatable bonds is 7. The highest BCUT2D eigenvalue weighted by Gasteiger charge is 2.68. The lowest BCUT2D eigenvalue weighted by molar-refractivity contribution is -0.143. The van der Waals surface area contributed by atoms with E-state index in [4.69, 9.17) is 21.4 Å². The Morgan fingerprint density at radius 2 is 1.60 bits per heavy atom. The molecular formula is C44H35ClF6N4O6S. The zero-order valence-corrected chi connectivity index (χ0v) is 34.5. The number of hydrogen-bond donors (Lipinski definition) is 1. The highest BCUT2D eigenvalue weighted by Crippen LogP contribution is 2.65. The van der Waals surface area contributed by atoms with Gasteiger partial charge in [0.1, 0.15) is 23.9 Å². The fourth-order valence-electron chi connectivity index (χ4n) is 10.1. The first kappa shape index (κ1) is 41.8. The van der Waals surface area contributed by atoms with Gasteiger partial charge in [0.2, 0.25) is 23.6 Å². The van der Waals surface area contributed by atoms with Crippen LogP contribution in [0.5, 0.6) is 5.75 Å². The van der Waals surface area contributed by atoms with E-state index in [1.807, 2.05) is 19.1 Å². The van der Waals surface area contributed by atoms with Crippen LogP contribution in [0.4, 0.5) is 37.8 Å². The molecule has 4 heterocycles. The van der Waals surface area contributed by atoms with Gasteiger partial charge in [-0.2, -0.15) is 31.4 Å². The monoisotopic (exact) mass is 896 g/mol. The Morgan fingerprint density at radius 1 is 0.903 bits per heavy atom.